The van der Waals surface area contributed by atoms with Crippen molar-refractivity contribution in [2.75, 3.05) is 13.2 Å². The fourth-order valence-electron chi connectivity index (χ4n) is 3.22. The van der Waals surface area contributed by atoms with Gasteiger partial charge in [0.15, 0.2) is 0 Å². The molecule has 0 aromatic heterocycles. The van der Waals surface area contributed by atoms with Gasteiger partial charge in [0.2, 0.25) is 0 Å². The van der Waals surface area contributed by atoms with E-state index in [1.807, 2.05) is 26.0 Å². The molecule has 0 amide bonds. The normalized spacial score (nSPS) is 14.1. The number of aryl methyl sites for hydroxylation is 1. The molecule has 1 atom stereocenters. The summed E-state index contributed by atoms with van der Waals surface area (Å²) in [6.45, 7) is 4.83. The van der Waals surface area contributed by atoms with Crippen LogP contribution in [-0.4, -0.2) is 19.2 Å². The molecule has 0 N–H and O–H groups in total. The van der Waals surface area contributed by atoms with Gasteiger partial charge >= 0.3 is 5.97 Å². The first-order valence-electron chi connectivity index (χ1n) is 9.86. The Bertz CT molecular complexity index is 793. The van der Waals surface area contributed by atoms with Crippen molar-refractivity contribution in [3.05, 3.63) is 65.2 Å². The zero-order valence-corrected chi connectivity index (χ0v) is 16.2. The second-order valence-electron chi connectivity index (χ2n) is 7.04. The minimum Gasteiger partial charge on any atom is -0.493 e. The van der Waals surface area contributed by atoms with E-state index in [1.54, 1.807) is 0 Å². The Hall–Kier alpha value is -2.55. The van der Waals surface area contributed by atoms with E-state index < -0.39 is 0 Å². The Morgan fingerprint density at radius 1 is 1.04 bits per heavy atom. The van der Waals surface area contributed by atoms with Crippen LogP contribution in [0.15, 0.2) is 48.5 Å². The zero-order chi connectivity index (χ0) is 19.1. The first kappa shape index (κ1) is 19.2. The van der Waals surface area contributed by atoms with Crippen LogP contribution in [0.2, 0.25) is 0 Å². The van der Waals surface area contributed by atoms with Crippen LogP contribution >= 0.6 is 0 Å². The van der Waals surface area contributed by atoms with Crippen molar-refractivity contribution >= 4 is 17.6 Å². The molecule has 3 rings (SSSR count). The number of carbonyl (C=O) groups excluding carboxylic acids is 1. The Kier molecular flexibility index (Phi) is 6.69. The summed E-state index contributed by atoms with van der Waals surface area (Å²) < 4.78 is 11.3. The molecule has 3 nitrogen and oxygen atoms in total. The number of allylic oxidation sites excluding steroid dienone is 1. The molecule has 0 saturated carbocycles. The minimum atomic E-state index is -0.120. The van der Waals surface area contributed by atoms with Crippen molar-refractivity contribution in [1.82, 2.24) is 0 Å². The molecule has 1 aliphatic rings. The summed E-state index contributed by atoms with van der Waals surface area (Å²) in [6.07, 6.45) is 5.83. The van der Waals surface area contributed by atoms with Crippen LogP contribution in [0.1, 0.15) is 49.8 Å². The monoisotopic (exact) mass is 364 g/mol. The summed E-state index contributed by atoms with van der Waals surface area (Å²) in [5, 5.41) is 0. The van der Waals surface area contributed by atoms with E-state index in [0.29, 0.717) is 19.6 Å². The van der Waals surface area contributed by atoms with Crippen LogP contribution in [0.3, 0.4) is 0 Å². The number of hydrogen-bond acceptors (Lipinski definition) is 3. The number of esters is 1. The number of ether oxygens (including phenoxy) is 2. The molecule has 0 heterocycles. The van der Waals surface area contributed by atoms with Gasteiger partial charge in [-0.2, -0.15) is 0 Å². The second kappa shape index (κ2) is 9.40. The lowest BCUT2D eigenvalue weighted by molar-refractivity contribution is -0.148. The molecule has 0 radical (unpaired) electrons. The Morgan fingerprint density at radius 3 is 2.63 bits per heavy atom. The lowest BCUT2D eigenvalue weighted by atomic mass is 9.88. The maximum atomic E-state index is 11.7. The van der Waals surface area contributed by atoms with Crippen LogP contribution in [-0.2, 0) is 16.0 Å². The van der Waals surface area contributed by atoms with Gasteiger partial charge in [-0.25, -0.2) is 0 Å². The van der Waals surface area contributed by atoms with Gasteiger partial charge in [-0.1, -0.05) is 56.3 Å². The maximum Gasteiger partial charge on any atom is 0.308 e. The van der Waals surface area contributed by atoms with Crippen LogP contribution < -0.4 is 4.74 Å². The van der Waals surface area contributed by atoms with Crippen molar-refractivity contribution in [3.63, 3.8) is 0 Å². The van der Waals surface area contributed by atoms with E-state index in [2.05, 4.69) is 42.5 Å². The smallest absolute Gasteiger partial charge is 0.308 e. The third kappa shape index (κ3) is 5.00. The molecule has 2 aromatic carbocycles. The quantitative estimate of drug-likeness (QED) is 0.456. The Balaban J connectivity index is 1.60. The SMILES string of the molecule is CCC(C)C(=O)OCCCOc1cccc2c1C=C(c1ccccc1)CC2. The van der Waals surface area contributed by atoms with Crippen molar-refractivity contribution in [3.8, 4) is 5.75 Å². The van der Waals surface area contributed by atoms with Crippen molar-refractivity contribution in [2.45, 2.75) is 39.5 Å². The van der Waals surface area contributed by atoms with Crippen LogP contribution in [0.4, 0.5) is 0 Å². The molecule has 3 heteroatoms. The predicted octanol–water partition coefficient (Wildman–Crippen LogP) is 5.53. The van der Waals surface area contributed by atoms with E-state index in [1.165, 1.54) is 22.3 Å². The largest absolute Gasteiger partial charge is 0.493 e. The molecule has 0 spiro atoms. The second-order valence-corrected chi connectivity index (χ2v) is 7.04. The van der Waals surface area contributed by atoms with Gasteiger partial charge in [0.25, 0.3) is 0 Å². The molecule has 0 aliphatic heterocycles. The molecule has 1 aliphatic carbocycles. The van der Waals surface area contributed by atoms with E-state index in [9.17, 15) is 4.79 Å². The summed E-state index contributed by atoms with van der Waals surface area (Å²) in [4.78, 5) is 11.7. The maximum absolute atomic E-state index is 11.7. The number of hydrogen-bond donors (Lipinski definition) is 0. The third-order valence-corrected chi connectivity index (χ3v) is 5.09. The summed E-state index contributed by atoms with van der Waals surface area (Å²) >= 11 is 0. The average Bonchev–Trinajstić information content (AvgIpc) is 2.73. The number of rotatable bonds is 8. The van der Waals surface area contributed by atoms with Gasteiger partial charge in [-0.05, 0) is 48.1 Å². The first-order chi connectivity index (χ1) is 13.2. The fraction of sp³-hybridized carbons (Fsp3) is 0.375. The van der Waals surface area contributed by atoms with E-state index >= 15 is 0 Å². The lowest BCUT2D eigenvalue weighted by Gasteiger charge is -2.20. The fourth-order valence-corrected chi connectivity index (χ4v) is 3.22. The number of benzene rings is 2. The molecule has 142 valence electrons. The van der Waals surface area contributed by atoms with Gasteiger partial charge in [0.1, 0.15) is 5.75 Å². The molecule has 27 heavy (non-hydrogen) atoms. The van der Waals surface area contributed by atoms with Gasteiger partial charge in [0, 0.05) is 12.0 Å². The van der Waals surface area contributed by atoms with Crippen molar-refractivity contribution in [2.24, 2.45) is 5.92 Å². The zero-order valence-electron chi connectivity index (χ0n) is 16.2. The van der Waals surface area contributed by atoms with Crippen LogP contribution in [0.25, 0.3) is 11.6 Å². The van der Waals surface area contributed by atoms with Gasteiger partial charge in [-0.15, -0.1) is 0 Å². The molecule has 1 unspecified atom stereocenters. The van der Waals surface area contributed by atoms with Crippen LogP contribution in [0.5, 0.6) is 5.75 Å². The first-order valence-corrected chi connectivity index (χ1v) is 9.86. The molecule has 0 saturated heterocycles. The predicted molar refractivity (Wildman–Crippen MR) is 110 cm³/mol. The van der Waals surface area contributed by atoms with Crippen molar-refractivity contribution < 1.29 is 14.3 Å². The van der Waals surface area contributed by atoms with E-state index in [4.69, 9.17) is 9.47 Å². The third-order valence-electron chi connectivity index (χ3n) is 5.09. The van der Waals surface area contributed by atoms with Gasteiger partial charge < -0.3 is 9.47 Å². The topological polar surface area (TPSA) is 35.5 Å². The van der Waals surface area contributed by atoms with E-state index in [-0.39, 0.29) is 11.9 Å². The highest BCUT2D eigenvalue weighted by Crippen LogP contribution is 2.35. The number of fused-ring (bicyclic) bond motifs is 1. The highest BCUT2D eigenvalue weighted by atomic mass is 16.5. The average molecular weight is 364 g/mol. The van der Waals surface area contributed by atoms with E-state index in [0.717, 1.165) is 25.0 Å². The summed E-state index contributed by atoms with van der Waals surface area (Å²) in [7, 11) is 0. The molecular weight excluding hydrogens is 336 g/mol. The lowest BCUT2D eigenvalue weighted by Crippen LogP contribution is -2.15. The van der Waals surface area contributed by atoms with Crippen LogP contribution in [0, 0.1) is 5.92 Å². The summed E-state index contributed by atoms with van der Waals surface area (Å²) in [5.74, 6) is 0.757. The molecule has 2 aromatic rings. The Labute approximate surface area is 162 Å². The summed E-state index contributed by atoms with van der Waals surface area (Å²) in [6, 6.07) is 16.8. The standard InChI is InChI=1S/C24H28O3/c1-3-18(2)24(25)27-16-8-15-26-23-12-7-11-20-13-14-21(17-22(20)23)19-9-5-4-6-10-19/h4-7,9-12,17-18H,3,8,13-16H2,1-2H3. The van der Waals surface area contributed by atoms with Gasteiger partial charge in [-0.3, -0.25) is 4.79 Å². The van der Waals surface area contributed by atoms with Gasteiger partial charge in [0.05, 0.1) is 19.1 Å². The minimum absolute atomic E-state index is 0.0337. The number of carbonyl (C=O) groups is 1. The highest BCUT2D eigenvalue weighted by molar-refractivity contribution is 5.86. The molecule has 0 fully saturated rings. The summed E-state index contributed by atoms with van der Waals surface area (Å²) in [5.41, 5.74) is 5.13. The molecular formula is C24H28O3. The highest BCUT2D eigenvalue weighted by Gasteiger charge is 2.16. The Morgan fingerprint density at radius 2 is 1.85 bits per heavy atom. The van der Waals surface area contributed by atoms with Crippen molar-refractivity contribution in [1.29, 1.82) is 0 Å². The molecule has 0 bridgehead atoms.